The smallest absolute Gasteiger partial charge is 0.324 e. The van der Waals surface area contributed by atoms with Crippen molar-refractivity contribution in [3.63, 3.8) is 0 Å². The quantitative estimate of drug-likeness (QED) is 0.0946. The molecular weight excluding hydrogens is 1030 g/mol. The number of ether oxygens (including phenoxy) is 4. The number of aromatic hydroxyl groups is 1. The number of nitrogens with one attached hydrogen (secondary N) is 2. The number of pyridine rings is 1. The molecule has 10 rings (SSSR count). The summed E-state index contributed by atoms with van der Waals surface area (Å²) in [6.07, 6.45) is 6.45. The number of fused-ring (bicyclic) bond motifs is 6. The molecule has 0 spiro atoms. The van der Waals surface area contributed by atoms with E-state index in [1.165, 1.54) is 9.91 Å². The van der Waals surface area contributed by atoms with Crippen molar-refractivity contribution in [1.82, 2.24) is 45.1 Å². The van der Waals surface area contributed by atoms with Gasteiger partial charge in [0, 0.05) is 111 Å². The van der Waals surface area contributed by atoms with Gasteiger partial charge in [-0.05, 0) is 104 Å². The number of carbonyl (C=O) groups excluding carboxylic acids is 4. The number of methoxy groups -OCH3 is 1. The van der Waals surface area contributed by atoms with Crippen molar-refractivity contribution < 1.29 is 43.2 Å². The number of aryl methyl sites for hydroxylation is 1. The fraction of sp³-hybridized carbons (Fsp3) is 0.476. The van der Waals surface area contributed by atoms with E-state index < -0.39 is 47.4 Å². The van der Waals surface area contributed by atoms with Gasteiger partial charge in [-0.1, -0.05) is 70.2 Å². The van der Waals surface area contributed by atoms with Crippen molar-refractivity contribution in [3.8, 4) is 39.3 Å². The maximum Gasteiger partial charge on any atom is 0.324 e. The Bertz CT molecular complexity index is 3250. The van der Waals surface area contributed by atoms with Gasteiger partial charge in [0.2, 0.25) is 5.91 Å². The van der Waals surface area contributed by atoms with Crippen molar-refractivity contribution in [1.29, 1.82) is 0 Å². The van der Waals surface area contributed by atoms with Crippen LogP contribution in [0.1, 0.15) is 101 Å². The lowest BCUT2D eigenvalue weighted by Crippen LogP contribution is -2.62. The second kappa shape index (κ2) is 24.6. The molecule has 18 nitrogen and oxygen atoms in total. The summed E-state index contributed by atoms with van der Waals surface area (Å²) in [5, 5.41) is 17.0. The largest absolute Gasteiger partial charge is 0.508 e. The molecule has 3 fully saturated rings. The van der Waals surface area contributed by atoms with Gasteiger partial charge < -0.3 is 38.8 Å². The minimum Gasteiger partial charge on any atom is -0.508 e. The fourth-order valence-corrected chi connectivity index (χ4v) is 12.2. The Hall–Kier alpha value is -7.09. The number of phenols is 1. The molecule has 3 aromatic carbocycles. The van der Waals surface area contributed by atoms with Crippen LogP contribution in [0.4, 0.5) is 0 Å². The van der Waals surface area contributed by atoms with Crippen LogP contribution in [0.25, 0.3) is 44.4 Å². The van der Waals surface area contributed by atoms with Crippen LogP contribution in [0.3, 0.4) is 0 Å². The van der Waals surface area contributed by atoms with E-state index in [0.717, 1.165) is 74.6 Å². The van der Waals surface area contributed by atoms with E-state index in [9.17, 15) is 24.3 Å². The van der Waals surface area contributed by atoms with Crippen molar-refractivity contribution in [3.05, 3.63) is 120 Å². The Morgan fingerprint density at radius 1 is 0.901 bits per heavy atom. The van der Waals surface area contributed by atoms with Gasteiger partial charge in [-0.15, -0.1) is 0 Å². The standard InChI is InChI=1S/C63H77N9O9/c1-9-71-53-18-17-42-30-48(53)50(57(71)49-31-44(33-66-55(49)39(4)78-8)45-34-64-54(65-35-45)36-70-21-24-79-25-22-70)32-63(5,6)37-81-62(77)51-16-13-20-72(68-51)60(75)52(28-40-26-43(42)29-46(73)27-40)67-59(74)56(38(2)3)69(7)61(76)58-47(19-23-80-58)41-14-11-10-12-15-41/h10-12,14-15,17-18,26-27,29-31,33-35,38-39,47,51-52,56,58,68,73H,9,13,16,19-25,28,32,36-37H2,1-8H3,(H,67,74). The zero-order valence-electron chi connectivity index (χ0n) is 47.9. The van der Waals surface area contributed by atoms with Gasteiger partial charge in [0.05, 0.1) is 43.9 Å². The lowest BCUT2D eigenvalue weighted by molar-refractivity contribution is -0.155. The topological polar surface area (TPSA) is 203 Å². The lowest BCUT2D eigenvalue weighted by atomic mass is 9.83. The number of likely N-dealkylation sites (N-methyl/N-ethyl adjacent to an activating group) is 1. The Labute approximate surface area is 474 Å². The summed E-state index contributed by atoms with van der Waals surface area (Å²) in [7, 11) is 3.29. The van der Waals surface area contributed by atoms with Crippen molar-refractivity contribution in [2.75, 3.05) is 60.2 Å². The normalized spacial score (nSPS) is 21.6. The summed E-state index contributed by atoms with van der Waals surface area (Å²) < 4.78 is 26.2. The third-order valence-corrected chi connectivity index (χ3v) is 16.5. The highest BCUT2D eigenvalue weighted by molar-refractivity contribution is 5.97. The molecule has 6 aromatic rings. The first-order valence-electron chi connectivity index (χ1n) is 28.6. The molecule has 4 aliphatic rings. The molecule has 6 atom stereocenters. The first-order valence-corrected chi connectivity index (χ1v) is 28.6. The Kier molecular flexibility index (Phi) is 17.3. The van der Waals surface area contributed by atoms with E-state index in [1.54, 1.807) is 26.3 Å². The number of nitrogens with zero attached hydrogens (tertiary/aromatic N) is 7. The monoisotopic (exact) mass is 1100 g/mol. The minimum atomic E-state index is -1.18. The number of hydrazine groups is 1. The summed E-state index contributed by atoms with van der Waals surface area (Å²) >= 11 is 0. The SMILES string of the molecule is CCn1c(-c2cc(-c3cnc(CN4CCOCC4)nc3)cnc2C(C)OC)c2c3cc(ccc31)-c1cc(O)cc(c1)CC(NC(=O)C(C(C)C)N(C)C(=O)C1OCCC1c1ccccc1)C(=O)N1CCCC(N1)C(=O)OCC(C)(C)C2. The molecule has 3 aromatic heterocycles. The highest BCUT2D eigenvalue weighted by Gasteiger charge is 2.42. The Balaban J connectivity index is 1.04. The lowest BCUT2D eigenvalue weighted by Gasteiger charge is -2.37. The highest BCUT2D eigenvalue weighted by Crippen LogP contribution is 2.44. The molecular formula is C63H77N9O9. The first kappa shape index (κ1) is 57.2. The highest BCUT2D eigenvalue weighted by atomic mass is 16.5. The number of cyclic esters (lactones) is 1. The number of phenolic OH excluding ortho intramolecular Hbond substituents is 1. The number of esters is 1. The van der Waals surface area contributed by atoms with E-state index >= 15 is 0 Å². The van der Waals surface area contributed by atoms with Crippen LogP contribution in [-0.2, 0) is 64.1 Å². The van der Waals surface area contributed by atoms with Crippen LogP contribution in [-0.4, -0.2) is 148 Å². The molecule has 0 saturated carbocycles. The van der Waals surface area contributed by atoms with E-state index in [2.05, 4.69) is 59.2 Å². The number of benzene rings is 3. The predicted octanol–water partition coefficient (Wildman–Crippen LogP) is 7.80. The zero-order valence-corrected chi connectivity index (χ0v) is 47.9. The molecule has 3 N–H and O–H groups in total. The van der Waals surface area contributed by atoms with E-state index in [4.69, 9.17) is 33.9 Å². The summed E-state index contributed by atoms with van der Waals surface area (Å²) in [6.45, 7) is 17.0. The third-order valence-electron chi connectivity index (χ3n) is 16.5. The first-order chi connectivity index (χ1) is 39.0. The summed E-state index contributed by atoms with van der Waals surface area (Å²) in [5.41, 5.74) is 11.9. The number of rotatable bonds is 13. The van der Waals surface area contributed by atoms with Gasteiger partial charge in [0.25, 0.3) is 11.8 Å². The number of hydrogen-bond acceptors (Lipinski definition) is 14. The number of morpholine rings is 1. The second-order valence-corrected chi connectivity index (χ2v) is 23.3. The number of hydrogen-bond donors (Lipinski definition) is 3. The van der Waals surface area contributed by atoms with Crippen LogP contribution in [0.15, 0.2) is 91.4 Å². The van der Waals surface area contributed by atoms with E-state index in [0.29, 0.717) is 69.7 Å². The van der Waals surface area contributed by atoms with Crippen LogP contribution in [0.2, 0.25) is 0 Å². The van der Waals surface area contributed by atoms with Crippen LogP contribution in [0.5, 0.6) is 5.75 Å². The Morgan fingerprint density at radius 2 is 1.65 bits per heavy atom. The average molecular weight is 1100 g/mol. The molecule has 6 unspecified atom stereocenters. The maximum absolute atomic E-state index is 15.0. The molecule has 0 radical (unpaired) electrons. The summed E-state index contributed by atoms with van der Waals surface area (Å²) in [5.74, 6) is -1.62. The molecule has 0 aliphatic carbocycles. The number of aromatic nitrogens is 4. The Morgan fingerprint density at radius 3 is 2.38 bits per heavy atom. The molecule has 3 saturated heterocycles. The molecule has 7 heterocycles. The van der Waals surface area contributed by atoms with Crippen LogP contribution in [0, 0.1) is 11.3 Å². The molecule has 6 bridgehead atoms. The van der Waals surface area contributed by atoms with Gasteiger partial charge in [-0.3, -0.25) is 34.1 Å². The molecule has 4 aliphatic heterocycles. The molecule has 3 amide bonds. The van der Waals surface area contributed by atoms with Crippen molar-refractivity contribution >= 4 is 34.6 Å². The van der Waals surface area contributed by atoms with Crippen LogP contribution < -0.4 is 10.7 Å². The third kappa shape index (κ3) is 12.4. The number of amides is 3. The van der Waals surface area contributed by atoms with Gasteiger partial charge >= 0.3 is 5.97 Å². The van der Waals surface area contributed by atoms with E-state index in [1.807, 2.05) is 81.8 Å². The summed E-state index contributed by atoms with van der Waals surface area (Å²) in [4.78, 5) is 76.9. The fourth-order valence-electron chi connectivity index (χ4n) is 12.2. The maximum atomic E-state index is 15.0. The van der Waals surface area contributed by atoms with Crippen molar-refractivity contribution in [2.24, 2.45) is 11.3 Å². The van der Waals surface area contributed by atoms with Crippen molar-refractivity contribution in [2.45, 2.75) is 123 Å². The second-order valence-electron chi connectivity index (χ2n) is 23.3. The number of carbonyl (C=O) groups is 4. The minimum absolute atomic E-state index is 0.0179. The molecule has 18 heteroatoms. The average Bonchev–Trinajstić information content (AvgIpc) is 4.26. The van der Waals surface area contributed by atoms with Gasteiger partial charge in [-0.25, -0.2) is 15.4 Å². The van der Waals surface area contributed by atoms with E-state index in [-0.39, 0.29) is 49.2 Å². The van der Waals surface area contributed by atoms with Crippen LogP contribution >= 0.6 is 0 Å². The summed E-state index contributed by atoms with van der Waals surface area (Å²) in [6, 6.07) is 20.5. The van der Waals surface area contributed by atoms with Gasteiger partial charge in [0.1, 0.15) is 35.8 Å². The zero-order chi connectivity index (χ0) is 57.1. The molecule has 428 valence electrons. The predicted molar refractivity (Wildman–Crippen MR) is 307 cm³/mol. The molecule has 81 heavy (non-hydrogen) atoms. The van der Waals surface area contributed by atoms with Gasteiger partial charge in [-0.2, -0.15) is 0 Å². The van der Waals surface area contributed by atoms with Gasteiger partial charge in [0.15, 0.2) is 0 Å².